The van der Waals surface area contributed by atoms with Crippen molar-refractivity contribution < 1.29 is 9.59 Å². The molecule has 3 N–H and O–H groups in total. The second-order valence-corrected chi connectivity index (χ2v) is 11.3. The maximum absolute atomic E-state index is 13.4. The molecule has 39 heavy (non-hydrogen) atoms. The molecule has 10 nitrogen and oxygen atoms in total. The van der Waals surface area contributed by atoms with Crippen LogP contribution >= 0.6 is 0 Å². The number of nitriles is 1. The Morgan fingerprint density at radius 2 is 2.03 bits per heavy atom. The smallest absolute Gasteiger partial charge is 0.331 e. The van der Waals surface area contributed by atoms with Gasteiger partial charge in [-0.3, -0.25) is 9.36 Å². The zero-order valence-electron chi connectivity index (χ0n) is 23.4. The predicted molar refractivity (Wildman–Crippen MR) is 153 cm³/mol. The third-order valence-corrected chi connectivity index (χ3v) is 7.36. The molecule has 0 aliphatic carbocycles. The average molecular weight is 531 g/mol. The highest BCUT2D eigenvalue weighted by Crippen LogP contribution is 2.33. The number of carbonyl (C=O) groups excluding carboxylic acids is 2. The van der Waals surface area contributed by atoms with Crippen molar-refractivity contribution in [1.82, 2.24) is 19.4 Å². The number of benzene rings is 1. The number of likely N-dealkylation sites (N-methyl/N-ethyl adjacent to an activating group) is 1. The van der Waals surface area contributed by atoms with E-state index < -0.39 is 0 Å². The number of fused-ring (bicyclic) bond motifs is 1. The topological polar surface area (TPSA) is 133 Å². The number of carbonyl (C=O) groups is 2. The van der Waals surface area contributed by atoms with Gasteiger partial charge in [0.05, 0.1) is 17.5 Å². The van der Waals surface area contributed by atoms with E-state index in [1.54, 1.807) is 11.1 Å². The molecule has 2 amide bonds. The molecule has 4 rings (SSSR count). The lowest BCUT2D eigenvalue weighted by molar-refractivity contribution is -0.131. The Labute approximate surface area is 229 Å². The molecule has 2 atom stereocenters. The highest BCUT2D eigenvalue weighted by atomic mass is 16.2. The number of piperidine rings is 1. The van der Waals surface area contributed by atoms with Gasteiger partial charge >= 0.3 is 6.03 Å². The molecule has 1 aliphatic heterocycles. The van der Waals surface area contributed by atoms with E-state index in [0.717, 1.165) is 23.8 Å². The number of anilines is 2. The fourth-order valence-electron chi connectivity index (χ4n) is 5.04. The molecule has 0 bridgehead atoms. The van der Waals surface area contributed by atoms with Gasteiger partial charge in [-0.1, -0.05) is 39.8 Å². The van der Waals surface area contributed by atoms with Crippen molar-refractivity contribution >= 4 is 34.5 Å². The van der Waals surface area contributed by atoms with Crippen molar-refractivity contribution in [1.29, 1.82) is 5.26 Å². The van der Waals surface area contributed by atoms with Crippen LogP contribution in [0, 0.1) is 17.2 Å². The van der Waals surface area contributed by atoms with Crippen LogP contribution in [0.25, 0.3) is 11.0 Å². The number of likely N-dealkylation sites (tertiary alicyclic amines) is 1. The summed E-state index contributed by atoms with van der Waals surface area (Å²) >= 11 is 0. The summed E-state index contributed by atoms with van der Waals surface area (Å²) in [7, 11) is 1.98. The molecule has 1 aliphatic rings. The van der Waals surface area contributed by atoms with Gasteiger partial charge in [-0.05, 0) is 49.1 Å². The first kappa shape index (κ1) is 28.0. The quantitative estimate of drug-likeness (QED) is 0.494. The van der Waals surface area contributed by atoms with Crippen LogP contribution in [0.15, 0.2) is 36.5 Å². The molecule has 0 unspecified atom stereocenters. The summed E-state index contributed by atoms with van der Waals surface area (Å²) < 4.78 is 1.52. The lowest BCUT2D eigenvalue weighted by Gasteiger charge is -2.42. The third kappa shape index (κ3) is 6.04. The summed E-state index contributed by atoms with van der Waals surface area (Å²) in [5.41, 5.74) is 7.60. The van der Waals surface area contributed by atoms with Crippen molar-refractivity contribution in [3.8, 4) is 6.07 Å². The summed E-state index contributed by atoms with van der Waals surface area (Å²) in [5.74, 6) is 1.49. The highest BCUT2D eigenvalue weighted by Gasteiger charge is 2.34. The van der Waals surface area contributed by atoms with Gasteiger partial charge in [-0.25, -0.2) is 14.8 Å². The van der Waals surface area contributed by atoms with E-state index in [0.29, 0.717) is 48.5 Å². The predicted octanol–water partition coefficient (Wildman–Crippen LogP) is 3.90. The van der Waals surface area contributed by atoms with Crippen molar-refractivity contribution in [3.63, 3.8) is 0 Å². The van der Waals surface area contributed by atoms with E-state index >= 15 is 0 Å². The van der Waals surface area contributed by atoms with Crippen LogP contribution in [0.5, 0.6) is 0 Å². The molecule has 3 aromatic rings. The number of nitrogens with zero attached hydrogens (tertiary/aromatic N) is 6. The van der Waals surface area contributed by atoms with E-state index in [9.17, 15) is 9.59 Å². The first-order chi connectivity index (χ1) is 18.5. The van der Waals surface area contributed by atoms with Crippen LogP contribution in [0.2, 0.25) is 0 Å². The number of amides is 2. The van der Waals surface area contributed by atoms with Crippen LogP contribution in [0.4, 0.5) is 16.3 Å². The maximum Gasteiger partial charge on any atom is 0.331 e. The molecular formula is C29H38N8O2. The SMILES string of the molecule is C[C@@H]1CCN(C(=O)CC#N)C[C@@H]1N(C)c1nc(C(C)(C)C)nc2c1ccn2C(=O)Nc1cccc(CCN)c1. The number of nitrogens with one attached hydrogen (secondary N) is 1. The second kappa shape index (κ2) is 11.4. The minimum absolute atomic E-state index is 0.00484. The van der Waals surface area contributed by atoms with Gasteiger partial charge in [0.1, 0.15) is 18.1 Å². The van der Waals surface area contributed by atoms with Gasteiger partial charge in [0, 0.05) is 37.4 Å². The number of nitrogens with two attached hydrogens (primary N) is 1. The van der Waals surface area contributed by atoms with Crippen LogP contribution in [0.3, 0.4) is 0 Å². The number of rotatable bonds is 6. The molecule has 206 valence electrons. The summed E-state index contributed by atoms with van der Waals surface area (Å²) in [6, 6.07) is 11.2. The van der Waals surface area contributed by atoms with E-state index in [1.807, 2.05) is 64.2 Å². The van der Waals surface area contributed by atoms with Crippen LogP contribution in [-0.4, -0.2) is 64.1 Å². The minimum Gasteiger partial charge on any atom is -0.354 e. The number of hydrogen-bond donors (Lipinski definition) is 2. The maximum atomic E-state index is 13.4. The van der Waals surface area contributed by atoms with Gasteiger partial charge in [0.25, 0.3) is 0 Å². The Balaban J connectivity index is 1.72. The van der Waals surface area contributed by atoms with Crippen LogP contribution in [-0.2, 0) is 16.6 Å². The lowest BCUT2D eigenvalue weighted by atomic mass is 9.92. The zero-order chi connectivity index (χ0) is 28.3. The van der Waals surface area contributed by atoms with Crippen molar-refractivity contribution in [3.05, 3.63) is 47.9 Å². The Hall–Kier alpha value is -3.97. The van der Waals surface area contributed by atoms with Gasteiger partial charge in [0.2, 0.25) is 5.91 Å². The number of aromatic nitrogens is 3. The molecule has 0 saturated carbocycles. The summed E-state index contributed by atoms with van der Waals surface area (Å²) in [5, 5.41) is 12.7. The normalized spacial score (nSPS) is 17.6. The largest absolute Gasteiger partial charge is 0.354 e. The third-order valence-electron chi connectivity index (χ3n) is 7.36. The summed E-state index contributed by atoms with van der Waals surface area (Å²) in [4.78, 5) is 39.6. The van der Waals surface area contributed by atoms with E-state index in [1.165, 1.54) is 4.57 Å². The van der Waals surface area contributed by atoms with Gasteiger partial charge in [-0.15, -0.1) is 0 Å². The first-order valence-electron chi connectivity index (χ1n) is 13.4. The molecule has 2 aromatic heterocycles. The lowest BCUT2D eigenvalue weighted by Crippen LogP contribution is -2.52. The van der Waals surface area contributed by atoms with E-state index in [4.69, 9.17) is 21.0 Å². The number of hydrogen-bond acceptors (Lipinski definition) is 7. The Bertz CT molecular complexity index is 1400. The van der Waals surface area contributed by atoms with Crippen LogP contribution < -0.4 is 16.0 Å². The van der Waals surface area contributed by atoms with E-state index in [2.05, 4.69) is 17.1 Å². The van der Waals surface area contributed by atoms with Crippen molar-refractivity contribution in [2.24, 2.45) is 11.7 Å². The molecule has 0 spiro atoms. The monoisotopic (exact) mass is 530 g/mol. The summed E-state index contributed by atoms with van der Waals surface area (Å²) in [6.45, 7) is 9.98. The van der Waals surface area contributed by atoms with Gasteiger partial charge < -0.3 is 20.9 Å². The Morgan fingerprint density at radius 1 is 1.26 bits per heavy atom. The molecule has 1 saturated heterocycles. The first-order valence-corrected chi connectivity index (χ1v) is 13.4. The fraction of sp³-hybridized carbons (Fsp3) is 0.483. The summed E-state index contributed by atoms with van der Waals surface area (Å²) in [6.07, 6.45) is 3.16. The average Bonchev–Trinajstić information content (AvgIpc) is 3.32. The molecule has 1 fully saturated rings. The molecular weight excluding hydrogens is 492 g/mol. The Kier molecular flexibility index (Phi) is 8.21. The minimum atomic E-state index is -0.362. The molecule has 1 aromatic carbocycles. The van der Waals surface area contributed by atoms with Crippen LogP contribution in [0.1, 0.15) is 51.9 Å². The standard InChI is InChI=1S/C29H38N8O2/c1-19-11-15-36(24(38)10-14-31)18-23(19)35(5)25-22-12-16-37(26(22)34-27(33-25)29(2,3)4)28(39)32-21-8-6-7-20(17-21)9-13-30/h6-8,12,16-17,19,23H,9-11,13,15,18,30H2,1-5H3,(H,32,39)/t19-,23+/m1/s1. The van der Waals surface area contributed by atoms with E-state index in [-0.39, 0.29) is 29.8 Å². The highest BCUT2D eigenvalue weighted by molar-refractivity contribution is 6.00. The fourth-order valence-corrected chi connectivity index (χ4v) is 5.04. The molecule has 0 radical (unpaired) electrons. The zero-order valence-corrected chi connectivity index (χ0v) is 23.4. The van der Waals surface area contributed by atoms with Crippen molar-refractivity contribution in [2.75, 3.05) is 36.9 Å². The molecule has 10 heteroatoms. The van der Waals surface area contributed by atoms with Crippen molar-refractivity contribution in [2.45, 2.75) is 58.4 Å². The van der Waals surface area contributed by atoms with Gasteiger partial charge in [0.15, 0.2) is 5.65 Å². The molecule has 3 heterocycles. The second-order valence-electron chi connectivity index (χ2n) is 11.3. The van der Waals surface area contributed by atoms with Gasteiger partial charge in [-0.2, -0.15) is 5.26 Å². The Morgan fingerprint density at radius 3 is 2.72 bits per heavy atom.